The maximum Gasteiger partial charge on any atom is 0.317 e. The molecule has 0 amide bonds. The first kappa shape index (κ1) is 19.5. The van der Waals surface area contributed by atoms with Crippen LogP contribution in [0.15, 0.2) is 75.2 Å². The van der Waals surface area contributed by atoms with Crippen molar-refractivity contribution < 1.29 is 4.42 Å². The van der Waals surface area contributed by atoms with Crippen molar-refractivity contribution in [2.24, 2.45) is 5.10 Å². The molecule has 0 bridgehead atoms. The van der Waals surface area contributed by atoms with Crippen LogP contribution in [0.25, 0.3) is 33.5 Å². The quantitative estimate of drug-likeness (QED) is 0.331. The van der Waals surface area contributed by atoms with Crippen LogP contribution < -0.4 is 5.56 Å². The van der Waals surface area contributed by atoms with Crippen molar-refractivity contribution in [2.75, 3.05) is 0 Å². The third-order valence-corrected chi connectivity index (χ3v) is 5.45. The van der Waals surface area contributed by atoms with Gasteiger partial charge in [0.05, 0.1) is 22.3 Å². The zero-order valence-electron chi connectivity index (χ0n) is 16.2. The molecule has 8 heteroatoms. The van der Waals surface area contributed by atoms with Gasteiger partial charge in [0.15, 0.2) is 0 Å². The van der Waals surface area contributed by atoms with Crippen LogP contribution in [-0.4, -0.2) is 20.9 Å². The monoisotopic (exact) mass is 448 g/mol. The Morgan fingerprint density at radius 1 is 1.10 bits per heavy atom. The highest BCUT2D eigenvalue weighted by Gasteiger charge is 2.17. The summed E-state index contributed by atoms with van der Waals surface area (Å²) in [4.78, 5) is 22.0. The minimum Gasteiger partial charge on any atom is -0.430 e. The normalized spacial score (nSPS) is 11.7. The van der Waals surface area contributed by atoms with Gasteiger partial charge in [-0.25, -0.2) is 9.97 Å². The van der Waals surface area contributed by atoms with Crippen molar-refractivity contribution in [1.82, 2.24) is 14.6 Å². The standard InChI is InChI=1S/C23H14Cl2N4O2/c1-13-9-18(14-5-3-2-4-6-14)28-22-19(13)20-21(31-22)23(30)29(12-26-20)27-11-15-7-8-16(24)10-17(15)25/h2-12H,1H3. The molecule has 0 aliphatic rings. The predicted molar refractivity (Wildman–Crippen MR) is 123 cm³/mol. The highest BCUT2D eigenvalue weighted by Crippen LogP contribution is 2.30. The molecule has 0 atom stereocenters. The number of hydrogen-bond donors (Lipinski definition) is 0. The number of aromatic nitrogens is 3. The van der Waals surface area contributed by atoms with E-state index in [2.05, 4.69) is 15.1 Å². The predicted octanol–water partition coefficient (Wildman–Crippen LogP) is 5.70. The Labute approximate surface area is 186 Å². The van der Waals surface area contributed by atoms with Gasteiger partial charge in [0.1, 0.15) is 11.8 Å². The average molecular weight is 449 g/mol. The van der Waals surface area contributed by atoms with Gasteiger partial charge in [0.25, 0.3) is 0 Å². The number of pyridine rings is 1. The number of hydrogen-bond acceptors (Lipinski definition) is 5. The van der Waals surface area contributed by atoms with Crippen molar-refractivity contribution in [1.29, 1.82) is 0 Å². The van der Waals surface area contributed by atoms with Crippen LogP contribution in [0.5, 0.6) is 0 Å². The van der Waals surface area contributed by atoms with Gasteiger partial charge in [-0.05, 0) is 30.7 Å². The molecule has 6 nitrogen and oxygen atoms in total. The fourth-order valence-corrected chi connectivity index (χ4v) is 3.83. The van der Waals surface area contributed by atoms with E-state index in [0.717, 1.165) is 21.5 Å². The summed E-state index contributed by atoms with van der Waals surface area (Å²) in [5.41, 5.74) is 3.74. The lowest BCUT2D eigenvalue weighted by Gasteiger charge is -2.02. The van der Waals surface area contributed by atoms with E-state index in [9.17, 15) is 4.79 Å². The van der Waals surface area contributed by atoms with E-state index in [4.69, 9.17) is 27.6 Å². The van der Waals surface area contributed by atoms with Crippen molar-refractivity contribution in [3.05, 3.63) is 92.5 Å². The largest absolute Gasteiger partial charge is 0.430 e. The second-order valence-electron chi connectivity index (χ2n) is 6.96. The number of benzene rings is 2. The van der Waals surface area contributed by atoms with Gasteiger partial charge in [-0.2, -0.15) is 9.78 Å². The van der Waals surface area contributed by atoms with Crippen LogP contribution in [0.4, 0.5) is 0 Å². The SMILES string of the molecule is Cc1cc(-c2ccccc2)nc2oc3c(=O)n(N=Cc4ccc(Cl)cc4Cl)cnc3c12. The van der Waals surface area contributed by atoms with Gasteiger partial charge in [-0.15, -0.1) is 0 Å². The minimum atomic E-state index is -0.440. The molecule has 0 saturated carbocycles. The maximum atomic E-state index is 13.0. The Morgan fingerprint density at radius 2 is 1.90 bits per heavy atom. The number of aryl methyl sites for hydroxylation is 1. The summed E-state index contributed by atoms with van der Waals surface area (Å²) >= 11 is 12.1. The smallest absolute Gasteiger partial charge is 0.317 e. The van der Waals surface area contributed by atoms with Crippen molar-refractivity contribution in [2.45, 2.75) is 6.92 Å². The van der Waals surface area contributed by atoms with Gasteiger partial charge in [-0.1, -0.05) is 59.6 Å². The van der Waals surface area contributed by atoms with Crippen LogP contribution in [0, 0.1) is 6.92 Å². The Morgan fingerprint density at radius 3 is 2.68 bits per heavy atom. The van der Waals surface area contributed by atoms with E-state index < -0.39 is 5.56 Å². The number of furan rings is 1. The average Bonchev–Trinajstić information content (AvgIpc) is 3.15. The Kier molecular flexibility index (Phi) is 4.81. The topological polar surface area (TPSA) is 73.3 Å². The number of halogens is 2. The maximum absolute atomic E-state index is 13.0. The molecule has 0 N–H and O–H groups in total. The number of fused-ring (bicyclic) bond motifs is 3. The fraction of sp³-hybridized carbons (Fsp3) is 0.0435. The molecule has 152 valence electrons. The molecule has 0 unspecified atom stereocenters. The Hall–Kier alpha value is -3.48. The minimum absolute atomic E-state index is 0.0951. The first-order chi connectivity index (χ1) is 15.0. The second-order valence-corrected chi connectivity index (χ2v) is 7.80. The molecule has 0 saturated heterocycles. The molecule has 0 fully saturated rings. The summed E-state index contributed by atoms with van der Waals surface area (Å²) in [7, 11) is 0. The number of nitrogens with zero attached hydrogens (tertiary/aromatic N) is 4. The zero-order chi connectivity index (χ0) is 21.5. The molecule has 3 heterocycles. The summed E-state index contributed by atoms with van der Waals surface area (Å²) in [6, 6.07) is 16.7. The van der Waals surface area contributed by atoms with Crippen LogP contribution in [0.2, 0.25) is 10.0 Å². The summed E-state index contributed by atoms with van der Waals surface area (Å²) in [6.07, 6.45) is 2.82. The molecule has 31 heavy (non-hydrogen) atoms. The lowest BCUT2D eigenvalue weighted by atomic mass is 10.1. The van der Waals surface area contributed by atoms with Crippen LogP contribution in [0.1, 0.15) is 11.1 Å². The number of rotatable bonds is 3. The van der Waals surface area contributed by atoms with Gasteiger partial charge < -0.3 is 4.42 Å². The Balaban J connectivity index is 1.63. The molecule has 5 rings (SSSR count). The molecule has 3 aromatic heterocycles. The van der Waals surface area contributed by atoms with Gasteiger partial charge >= 0.3 is 5.56 Å². The second kappa shape index (κ2) is 7.65. The highest BCUT2D eigenvalue weighted by atomic mass is 35.5. The first-order valence-electron chi connectivity index (χ1n) is 9.37. The fourth-order valence-electron chi connectivity index (χ4n) is 3.37. The third kappa shape index (κ3) is 3.50. The third-order valence-electron chi connectivity index (χ3n) is 4.89. The summed E-state index contributed by atoms with van der Waals surface area (Å²) in [5.74, 6) is 0. The summed E-state index contributed by atoms with van der Waals surface area (Å²) < 4.78 is 6.93. The van der Waals surface area contributed by atoms with E-state index in [1.54, 1.807) is 18.2 Å². The Bertz CT molecular complexity index is 1540. The van der Waals surface area contributed by atoms with E-state index in [1.165, 1.54) is 12.5 Å². The van der Waals surface area contributed by atoms with Crippen LogP contribution in [0.3, 0.4) is 0 Å². The van der Waals surface area contributed by atoms with E-state index in [-0.39, 0.29) is 5.58 Å². The molecule has 0 aliphatic carbocycles. The van der Waals surface area contributed by atoms with Gasteiger partial charge in [0.2, 0.25) is 11.3 Å². The lowest BCUT2D eigenvalue weighted by Crippen LogP contribution is -2.16. The van der Waals surface area contributed by atoms with Crippen molar-refractivity contribution in [3.63, 3.8) is 0 Å². The molecule has 2 aromatic carbocycles. The molecule has 0 radical (unpaired) electrons. The molecular weight excluding hydrogens is 435 g/mol. The molecule has 0 aliphatic heterocycles. The highest BCUT2D eigenvalue weighted by molar-refractivity contribution is 6.36. The van der Waals surface area contributed by atoms with Gasteiger partial charge in [0, 0.05) is 16.1 Å². The van der Waals surface area contributed by atoms with Crippen molar-refractivity contribution >= 4 is 51.6 Å². The van der Waals surface area contributed by atoms with Gasteiger partial charge in [-0.3, -0.25) is 4.79 Å². The molecule has 5 aromatic rings. The van der Waals surface area contributed by atoms with E-state index >= 15 is 0 Å². The summed E-state index contributed by atoms with van der Waals surface area (Å²) in [5, 5.41) is 5.84. The molecule has 0 spiro atoms. The first-order valence-corrected chi connectivity index (χ1v) is 10.1. The zero-order valence-corrected chi connectivity index (χ0v) is 17.7. The molecular formula is C23H14Cl2N4O2. The van der Waals surface area contributed by atoms with E-state index in [1.807, 2.05) is 43.3 Å². The van der Waals surface area contributed by atoms with Crippen molar-refractivity contribution in [3.8, 4) is 11.3 Å². The van der Waals surface area contributed by atoms with Crippen LogP contribution in [-0.2, 0) is 0 Å². The van der Waals surface area contributed by atoms with E-state index in [0.29, 0.717) is 32.2 Å². The lowest BCUT2D eigenvalue weighted by molar-refractivity contribution is 0.637. The summed E-state index contributed by atoms with van der Waals surface area (Å²) in [6.45, 7) is 1.94. The van der Waals surface area contributed by atoms with Crippen LogP contribution >= 0.6 is 23.2 Å².